The highest BCUT2D eigenvalue weighted by molar-refractivity contribution is 7.53. The molecular weight excluding hydrogens is 447 g/mol. The molecule has 0 saturated carbocycles. The molecular formula is C18H27N4O9P. The Hall–Kier alpha value is -2.31. The summed E-state index contributed by atoms with van der Waals surface area (Å²) < 4.78 is 40.1. The predicted octanol–water partition coefficient (Wildman–Crippen LogP) is 1.38. The molecule has 178 valence electrons. The van der Waals surface area contributed by atoms with Crippen LogP contribution in [0.2, 0.25) is 0 Å². The molecule has 3 heterocycles. The highest BCUT2D eigenvalue weighted by Crippen LogP contribution is 2.43. The largest absolute Gasteiger partial charge is 0.479 e. The molecule has 0 aliphatic carbocycles. The first-order chi connectivity index (χ1) is 14.9. The molecule has 0 amide bonds. The van der Waals surface area contributed by atoms with E-state index in [2.05, 4.69) is 15.0 Å². The van der Waals surface area contributed by atoms with Gasteiger partial charge < -0.3 is 33.5 Å². The number of carbonyl (C=O) groups excluding carboxylic acids is 1. The molecule has 3 atom stereocenters. The fourth-order valence-electron chi connectivity index (χ4n) is 3.18. The first-order valence-corrected chi connectivity index (χ1v) is 11.5. The normalized spacial score (nSPS) is 20.3. The Balaban J connectivity index is 1.70. The predicted molar refractivity (Wildman–Crippen MR) is 109 cm³/mol. The minimum atomic E-state index is -4.90. The summed E-state index contributed by atoms with van der Waals surface area (Å²) in [5.41, 5.74) is -0.0415. The number of nitrogens with zero attached hydrogens (tertiary/aromatic N) is 4. The minimum absolute atomic E-state index is 0.107. The zero-order valence-electron chi connectivity index (χ0n) is 18.4. The molecule has 2 N–H and O–H groups in total. The van der Waals surface area contributed by atoms with Gasteiger partial charge in [0.25, 0.3) is 5.85 Å². The Kier molecular flexibility index (Phi) is 7.06. The van der Waals surface area contributed by atoms with Crippen LogP contribution in [0.3, 0.4) is 0 Å². The van der Waals surface area contributed by atoms with Crippen LogP contribution in [-0.4, -0.2) is 73.7 Å². The number of aromatic nitrogens is 4. The Morgan fingerprint density at radius 3 is 2.59 bits per heavy atom. The summed E-state index contributed by atoms with van der Waals surface area (Å²) in [4.78, 5) is 43.9. The first-order valence-electron chi connectivity index (χ1n) is 9.80. The number of fused-ring (bicyclic) bond motifs is 1. The lowest BCUT2D eigenvalue weighted by atomic mass is 10.2. The summed E-state index contributed by atoms with van der Waals surface area (Å²) in [5, 5.41) is 0. The standard InChI is InChI=1S/C18H27N4O9P/c1-18(2,3)31-15(23)16(32(24,25)26)29-8-10-6-7-11(30-10)22-9-19-12-13(22)20-17(28-5)21-14(12)27-4/h9-11,16H,6-8H2,1-5H3,(H2,24,25,26)/t10-,11+,16?/m0/s1. The highest BCUT2D eigenvalue weighted by Gasteiger charge is 2.41. The zero-order valence-corrected chi connectivity index (χ0v) is 19.3. The number of rotatable bonds is 8. The van der Waals surface area contributed by atoms with Gasteiger partial charge in [-0.05, 0) is 33.6 Å². The van der Waals surface area contributed by atoms with Crippen molar-refractivity contribution in [3.05, 3.63) is 6.33 Å². The van der Waals surface area contributed by atoms with Crippen molar-refractivity contribution in [3.8, 4) is 11.9 Å². The Morgan fingerprint density at radius 2 is 2.00 bits per heavy atom. The molecule has 1 fully saturated rings. The third kappa shape index (κ3) is 5.54. The molecule has 2 aromatic heterocycles. The summed E-state index contributed by atoms with van der Waals surface area (Å²) in [6.07, 6.45) is 1.63. The van der Waals surface area contributed by atoms with Crippen molar-refractivity contribution in [1.29, 1.82) is 0 Å². The molecule has 0 aromatic carbocycles. The van der Waals surface area contributed by atoms with E-state index in [1.54, 1.807) is 25.3 Å². The lowest BCUT2D eigenvalue weighted by Crippen LogP contribution is -2.35. The maximum Gasteiger partial charge on any atom is 0.365 e. The summed E-state index contributed by atoms with van der Waals surface area (Å²) in [5.74, 6) is -2.90. The average Bonchev–Trinajstić information content (AvgIpc) is 3.31. The van der Waals surface area contributed by atoms with Gasteiger partial charge in [-0.25, -0.2) is 9.78 Å². The maximum absolute atomic E-state index is 12.2. The van der Waals surface area contributed by atoms with Gasteiger partial charge >= 0.3 is 19.6 Å². The van der Waals surface area contributed by atoms with Crippen molar-refractivity contribution in [2.45, 2.75) is 57.4 Å². The number of esters is 1. The van der Waals surface area contributed by atoms with Crippen LogP contribution in [0.15, 0.2) is 6.33 Å². The van der Waals surface area contributed by atoms with Crippen LogP contribution >= 0.6 is 7.60 Å². The van der Waals surface area contributed by atoms with E-state index < -0.39 is 37.3 Å². The summed E-state index contributed by atoms with van der Waals surface area (Å²) in [6.45, 7) is 4.57. The monoisotopic (exact) mass is 474 g/mol. The van der Waals surface area contributed by atoms with Gasteiger partial charge in [-0.15, -0.1) is 0 Å². The van der Waals surface area contributed by atoms with Crippen LogP contribution in [0.1, 0.15) is 39.8 Å². The average molecular weight is 474 g/mol. The van der Waals surface area contributed by atoms with E-state index in [1.807, 2.05) is 0 Å². The van der Waals surface area contributed by atoms with E-state index in [0.717, 1.165) is 0 Å². The minimum Gasteiger partial charge on any atom is -0.479 e. The summed E-state index contributed by atoms with van der Waals surface area (Å²) in [6, 6.07) is 0.107. The lowest BCUT2D eigenvalue weighted by Gasteiger charge is -2.25. The second kappa shape index (κ2) is 9.28. The Labute approximate surface area is 184 Å². The molecule has 32 heavy (non-hydrogen) atoms. The van der Waals surface area contributed by atoms with E-state index in [0.29, 0.717) is 24.0 Å². The van der Waals surface area contributed by atoms with Gasteiger partial charge in [0.2, 0.25) is 5.88 Å². The van der Waals surface area contributed by atoms with Crippen molar-refractivity contribution < 1.29 is 42.8 Å². The number of methoxy groups -OCH3 is 2. The number of ether oxygens (including phenoxy) is 5. The van der Waals surface area contributed by atoms with Gasteiger partial charge in [-0.3, -0.25) is 9.13 Å². The number of imidazole rings is 1. The van der Waals surface area contributed by atoms with Crippen LogP contribution in [0.5, 0.6) is 11.9 Å². The molecule has 0 spiro atoms. The molecule has 0 bridgehead atoms. The van der Waals surface area contributed by atoms with Gasteiger partial charge in [0, 0.05) is 0 Å². The molecule has 1 aliphatic heterocycles. The molecule has 3 rings (SSSR count). The van der Waals surface area contributed by atoms with Gasteiger partial charge in [0.1, 0.15) is 11.8 Å². The fraction of sp³-hybridized carbons (Fsp3) is 0.667. The zero-order chi connectivity index (χ0) is 23.7. The Morgan fingerprint density at radius 1 is 1.28 bits per heavy atom. The maximum atomic E-state index is 12.2. The number of carbonyl (C=O) groups is 1. The van der Waals surface area contributed by atoms with Crippen LogP contribution in [0, 0.1) is 0 Å². The fourth-order valence-corrected chi connectivity index (χ4v) is 3.79. The first kappa shape index (κ1) is 24.3. The Bertz CT molecular complexity index is 1020. The molecule has 2 aromatic rings. The van der Waals surface area contributed by atoms with Gasteiger partial charge in [-0.2, -0.15) is 9.97 Å². The van der Waals surface area contributed by atoms with E-state index in [4.69, 9.17) is 23.7 Å². The molecule has 14 heteroatoms. The molecule has 1 aliphatic rings. The third-order valence-corrected chi connectivity index (χ3v) is 5.46. The van der Waals surface area contributed by atoms with E-state index in [1.165, 1.54) is 20.5 Å². The van der Waals surface area contributed by atoms with Crippen LogP contribution in [0.4, 0.5) is 0 Å². The highest BCUT2D eigenvalue weighted by atomic mass is 31.2. The van der Waals surface area contributed by atoms with Crippen molar-refractivity contribution in [2.24, 2.45) is 0 Å². The van der Waals surface area contributed by atoms with Crippen molar-refractivity contribution in [3.63, 3.8) is 0 Å². The topological polar surface area (TPSA) is 164 Å². The molecule has 0 radical (unpaired) electrons. The van der Waals surface area contributed by atoms with Crippen LogP contribution < -0.4 is 9.47 Å². The quantitative estimate of drug-likeness (QED) is 0.418. The van der Waals surface area contributed by atoms with Crippen LogP contribution in [-0.2, 0) is 23.6 Å². The van der Waals surface area contributed by atoms with E-state index in [9.17, 15) is 19.1 Å². The van der Waals surface area contributed by atoms with E-state index in [-0.39, 0.29) is 18.5 Å². The van der Waals surface area contributed by atoms with E-state index >= 15 is 0 Å². The smallest absolute Gasteiger partial charge is 0.365 e. The van der Waals surface area contributed by atoms with Crippen molar-refractivity contribution in [1.82, 2.24) is 19.5 Å². The second-order valence-electron chi connectivity index (χ2n) is 8.14. The second-order valence-corrected chi connectivity index (χ2v) is 9.79. The molecule has 1 saturated heterocycles. The SMILES string of the molecule is COc1nc(OC)c2ncn([C@H]3CC[C@@H](COC(C(=O)OC(C)(C)C)P(=O)(O)O)O3)c2n1. The van der Waals surface area contributed by atoms with Crippen LogP contribution in [0.25, 0.3) is 11.2 Å². The summed E-state index contributed by atoms with van der Waals surface area (Å²) >= 11 is 0. The van der Waals surface area contributed by atoms with Gasteiger partial charge in [0.15, 0.2) is 11.2 Å². The van der Waals surface area contributed by atoms with Gasteiger partial charge in [0.05, 0.1) is 33.3 Å². The number of hydrogen-bond acceptors (Lipinski definition) is 10. The van der Waals surface area contributed by atoms with Crippen molar-refractivity contribution >= 4 is 24.7 Å². The van der Waals surface area contributed by atoms with Gasteiger partial charge in [-0.1, -0.05) is 0 Å². The lowest BCUT2D eigenvalue weighted by molar-refractivity contribution is -0.165. The molecule has 13 nitrogen and oxygen atoms in total. The third-order valence-electron chi connectivity index (χ3n) is 4.49. The summed E-state index contributed by atoms with van der Waals surface area (Å²) in [7, 11) is -2.01. The van der Waals surface area contributed by atoms with Crippen molar-refractivity contribution in [2.75, 3.05) is 20.8 Å². The number of hydrogen-bond donors (Lipinski definition) is 2. The molecule has 1 unspecified atom stereocenters.